The van der Waals surface area contributed by atoms with Crippen molar-refractivity contribution in [1.82, 2.24) is 5.32 Å². The summed E-state index contributed by atoms with van der Waals surface area (Å²) >= 11 is 0. The number of carbonyl (C=O) groups excluding carboxylic acids is 2. The zero-order valence-corrected chi connectivity index (χ0v) is 17.0. The predicted molar refractivity (Wildman–Crippen MR) is 119 cm³/mol. The number of amides is 4. The molecule has 0 aliphatic rings. The second-order valence-corrected chi connectivity index (χ2v) is 6.54. The lowest BCUT2D eigenvalue weighted by atomic mass is 10.2. The van der Waals surface area contributed by atoms with Crippen LogP contribution in [-0.2, 0) is 0 Å². The molecule has 0 spiro atoms. The van der Waals surface area contributed by atoms with Crippen molar-refractivity contribution in [1.29, 1.82) is 0 Å². The Morgan fingerprint density at radius 2 is 1.61 bits per heavy atom. The first-order valence-electron chi connectivity index (χ1n) is 9.63. The average Bonchev–Trinajstić information content (AvgIpc) is 2.78. The molecular weight excluding hydrogens is 399 g/mol. The zero-order valence-electron chi connectivity index (χ0n) is 17.0. The van der Waals surface area contributed by atoms with E-state index >= 15 is 0 Å². The van der Waals surface area contributed by atoms with Crippen molar-refractivity contribution in [3.63, 3.8) is 0 Å². The molecule has 3 N–H and O–H groups in total. The summed E-state index contributed by atoms with van der Waals surface area (Å²) in [5, 5.41) is 8.22. The van der Waals surface area contributed by atoms with Crippen molar-refractivity contribution < 1.29 is 18.7 Å². The van der Waals surface area contributed by atoms with Crippen molar-refractivity contribution in [3.05, 3.63) is 84.7 Å². The first-order chi connectivity index (χ1) is 15.0. The molecule has 0 fully saturated rings. The summed E-state index contributed by atoms with van der Waals surface area (Å²) in [6.07, 6.45) is 0. The van der Waals surface area contributed by atoms with Gasteiger partial charge in [-0.25, -0.2) is 14.0 Å². The van der Waals surface area contributed by atoms with Gasteiger partial charge in [0.25, 0.3) is 0 Å². The van der Waals surface area contributed by atoms with Crippen LogP contribution in [0.1, 0.15) is 0 Å². The quantitative estimate of drug-likeness (QED) is 0.516. The molecule has 0 saturated carbocycles. The molecule has 0 heterocycles. The maximum Gasteiger partial charge on any atom is 0.326 e. The number of para-hydroxylation sites is 1. The molecule has 0 atom stereocenters. The molecule has 0 bridgehead atoms. The van der Waals surface area contributed by atoms with E-state index in [1.54, 1.807) is 36.4 Å². The summed E-state index contributed by atoms with van der Waals surface area (Å²) in [7, 11) is 1.54. The van der Waals surface area contributed by atoms with E-state index in [2.05, 4.69) is 16.0 Å². The van der Waals surface area contributed by atoms with Gasteiger partial charge in [-0.3, -0.25) is 4.90 Å². The summed E-state index contributed by atoms with van der Waals surface area (Å²) in [6, 6.07) is 20.7. The highest BCUT2D eigenvalue weighted by Crippen LogP contribution is 2.20. The largest absolute Gasteiger partial charge is 0.497 e. The molecular formula is C23H23FN4O3. The SMILES string of the molecule is COc1cccc(NC(=O)N(CCNC(=O)Nc2ccccc2)c2ccc(F)cc2)c1. The number of benzene rings is 3. The third-order valence-corrected chi connectivity index (χ3v) is 4.36. The highest BCUT2D eigenvalue weighted by atomic mass is 19.1. The van der Waals surface area contributed by atoms with Crippen molar-refractivity contribution in [2.75, 3.05) is 35.7 Å². The fraction of sp³-hybridized carbons (Fsp3) is 0.130. The minimum absolute atomic E-state index is 0.170. The van der Waals surface area contributed by atoms with Gasteiger partial charge in [-0.05, 0) is 48.5 Å². The van der Waals surface area contributed by atoms with Gasteiger partial charge in [-0.15, -0.1) is 0 Å². The molecule has 0 aliphatic heterocycles. The van der Waals surface area contributed by atoms with Crippen molar-refractivity contribution >= 4 is 29.1 Å². The number of methoxy groups -OCH3 is 1. The molecule has 0 aromatic heterocycles. The van der Waals surface area contributed by atoms with E-state index in [4.69, 9.17) is 4.74 Å². The Morgan fingerprint density at radius 1 is 0.903 bits per heavy atom. The molecule has 0 saturated heterocycles. The van der Waals surface area contributed by atoms with E-state index in [1.807, 2.05) is 18.2 Å². The number of ether oxygens (including phenoxy) is 1. The summed E-state index contributed by atoms with van der Waals surface area (Å²) in [4.78, 5) is 26.4. The van der Waals surface area contributed by atoms with Crippen molar-refractivity contribution in [2.24, 2.45) is 0 Å². The average molecular weight is 422 g/mol. The number of hydrogen-bond acceptors (Lipinski definition) is 3. The molecule has 4 amide bonds. The number of nitrogens with zero attached hydrogens (tertiary/aromatic N) is 1. The number of urea groups is 2. The molecule has 0 unspecified atom stereocenters. The van der Waals surface area contributed by atoms with E-state index in [0.29, 0.717) is 22.8 Å². The Morgan fingerprint density at radius 3 is 2.32 bits per heavy atom. The van der Waals surface area contributed by atoms with Gasteiger partial charge in [-0.1, -0.05) is 24.3 Å². The maximum absolute atomic E-state index is 13.3. The standard InChI is InChI=1S/C23H23FN4O3/c1-31-21-9-5-8-19(16-21)27-23(30)28(20-12-10-17(24)11-13-20)15-14-25-22(29)26-18-6-3-2-4-7-18/h2-13,16H,14-15H2,1H3,(H,27,30)(H2,25,26,29). The minimum Gasteiger partial charge on any atom is -0.497 e. The normalized spacial score (nSPS) is 10.1. The molecule has 160 valence electrons. The summed E-state index contributed by atoms with van der Waals surface area (Å²) in [6.45, 7) is 0.352. The third-order valence-electron chi connectivity index (χ3n) is 4.36. The van der Waals surface area contributed by atoms with Crippen LogP contribution in [0, 0.1) is 5.82 Å². The lowest BCUT2D eigenvalue weighted by Gasteiger charge is -2.23. The van der Waals surface area contributed by atoms with Gasteiger partial charge in [0.2, 0.25) is 0 Å². The van der Waals surface area contributed by atoms with Gasteiger partial charge >= 0.3 is 12.1 Å². The van der Waals surface area contributed by atoms with Crippen LogP contribution < -0.4 is 25.6 Å². The monoisotopic (exact) mass is 422 g/mol. The molecule has 8 heteroatoms. The molecule has 31 heavy (non-hydrogen) atoms. The number of rotatable bonds is 7. The van der Waals surface area contributed by atoms with Gasteiger partial charge in [0.1, 0.15) is 11.6 Å². The lowest BCUT2D eigenvalue weighted by Crippen LogP contribution is -2.42. The van der Waals surface area contributed by atoms with E-state index < -0.39 is 17.9 Å². The smallest absolute Gasteiger partial charge is 0.326 e. The predicted octanol–water partition coefficient (Wildman–Crippen LogP) is 4.69. The van der Waals surface area contributed by atoms with Crippen LogP contribution in [0.4, 0.5) is 31.0 Å². The Kier molecular flexibility index (Phi) is 7.42. The maximum atomic E-state index is 13.3. The van der Waals surface area contributed by atoms with Crippen LogP contribution in [-0.4, -0.2) is 32.3 Å². The summed E-state index contributed by atoms with van der Waals surface area (Å²) in [5.74, 6) is 0.197. The Hall–Kier alpha value is -4.07. The Bertz CT molecular complexity index is 1010. The van der Waals surface area contributed by atoms with Crippen LogP contribution in [0.3, 0.4) is 0 Å². The van der Waals surface area contributed by atoms with Crippen LogP contribution in [0.25, 0.3) is 0 Å². The van der Waals surface area contributed by atoms with Gasteiger partial charge in [0.15, 0.2) is 0 Å². The number of halogens is 1. The van der Waals surface area contributed by atoms with Crippen LogP contribution in [0.2, 0.25) is 0 Å². The molecule has 3 rings (SSSR count). The van der Waals surface area contributed by atoms with Crippen molar-refractivity contribution in [3.8, 4) is 5.75 Å². The highest BCUT2D eigenvalue weighted by Gasteiger charge is 2.17. The van der Waals surface area contributed by atoms with Gasteiger partial charge in [0, 0.05) is 36.2 Å². The molecule has 0 radical (unpaired) electrons. The second-order valence-electron chi connectivity index (χ2n) is 6.54. The van der Waals surface area contributed by atoms with Gasteiger partial charge in [-0.2, -0.15) is 0 Å². The van der Waals surface area contributed by atoms with Gasteiger partial charge < -0.3 is 20.7 Å². The van der Waals surface area contributed by atoms with E-state index in [0.717, 1.165) is 0 Å². The summed E-state index contributed by atoms with van der Waals surface area (Å²) in [5.41, 5.74) is 1.70. The van der Waals surface area contributed by atoms with Crippen LogP contribution >= 0.6 is 0 Å². The number of nitrogens with one attached hydrogen (secondary N) is 3. The fourth-order valence-electron chi connectivity index (χ4n) is 2.84. The molecule has 3 aromatic rings. The highest BCUT2D eigenvalue weighted by molar-refractivity contribution is 6.02. The number of hydrogen-bond donors (Lipinski definition) is 3. The minimum atomic E-state index is -0.426. The molecule has 7 nitrogen and oxygen atoms in total. The van der Waals surface area contributed by atoms with E-state index in [1.165, 1.54) is 36.3 Å². The number of anilines is 3. The lowest BCUT2D eigenvalue weighted by molar-refractivity contribution is 0.250. The Balaban J connectivity index is 1.65. The van der Waals surface area contributed by atoms with E-state index in [9.17, 15) is 14.0 Å². The van der Waals surface area contributed by atoms with Gasteiger partial charge in [0.05, 0.1) is 7.11 Å². The topological polar surface area (TPSA) is 82.7 Å². The number of carbonyl (C=O) groups is 2. The molecule has 3 aromatic carbocycles. The molecule has 0 aliphatic carbocycles. The third kappa shape index (κ3) is 6.46. The first-order valence-corrected chi connectivity index (χ1v) is 9.63. The zero-order chi connectivity index (χ0) is 22.1. The first kappa shape index (κ1) is 21.6. The van der Waals surface area contributed by atoms with Crippen molar-refractivity contribution in [2.45, 2.75) is 0 Å². The van der Waals surface area contributed by atoms with Crippen LogP contribution in [0.5, 0.6) is 5.75 Å². The fourth-order valence-corrected chi connectivity index (χ4v) is 2.84. The van der Waals surface area contributed by atoms with Crippen LogP contribution in [0.15, 0.2) is 78.9 Å². The second kappa shape index (κ2) is 10.6. The summed E-state index contributed by atoms with van der Waals surface area (Å²) < 4.78 is 18.5. The Labute approximate surface area is 179 Å². The van der Waals surface area contributed by atoms with E-state index in [-0.39, 0.29) is 13.1 Å².